The lowest BCUT2D eigenvalue weighted by molar-refractivity contribution is -0.138. The van der Waals surface area contributed by atoms with Crippen LogP contribution in [0, 0.1) is 17.8 Å². The standard InChI is InChI=1S/C29H42N4O4/c1-2-3-4-5-6-7-8-24-31-27(30)26-28(32-24)37-18-17-33(29(26)36)23-15-13-22(14-16-23)21-11-9-20(10-12-21)19-25(34)35/h13,15-16,20-22H,2-12,14,17-19H2,1H3,(H,34,35)(H2,30,31,32). The van der Waals surface area contributed by atoms with E-state index in [9.17, 15) is 9.59 Å². The molecule has 2 aliphatic carbocycles. The second kappa shape index (κ2) is 13.1. The zero-order valence-corrected chi connectivity index (χ0v) is 22.2. The Morgan fingerprint density at radius 2 is 1.89 bits per heavy atom. The monoisotopic (exact) mass is 510 g/mol. The summed E-state index contributed by atoms with van der Waals surface area (Å²) in [6.07, 6.45) is 19.5. The zero-order valence-electron chi connectivity index (χ0n) is 22.2. The molecule has 1 aliphatic heterocycles. The van der Waals surface area contributed by atoms with Crippen LogP contribution in [0.15, 0.2) is 23.9 Å². The van der Waals surface area contributed by atoms with Gasteiger partial charge in [-0.15, -0.1) is 0 Å². The first-order valence-electron chi connectivity index (χ1n) is 14.2. The Labute approximate surface area is 220 Å². The van der Waals surface area contributed by atoms with Gasteiger partial charge in [0.15, 0.2) is 0 Å². The van der Waals surface area contributed by atoms with Crippen LogP contribution in [0.25, 0.3) is 0 Å². The maximum absolute atomic E-state index is 13.5. The number of aromatic nitrogens is 2. The number of nitrogens with two attached hydrogens (primary N) is 1. The third-order valence-electron chi connectivity index (χ3n) is 8.10. The molecule has 0 aromatic carbocycles. The van der Waals surface area contributed by atoms with E-state index >= 15 is 0 Å². The first kappa shape index (κ1) is 27.1. The average Bonchev–Trinajstić information content (AvgIpc) is 3.05. The van der Waals surface area contributed by atoms with Crippen molar-refractivity contribution < 1.29 is 19.4 Å². The number of aliphatic carboxylic acids is 1. The summed E-state index contributed by atoms with van der Waals surface area (Å²) in [5.74, 6) is 1.54. The predicted octanol–water partition coefficient (Wildman–Crippen LogP) is 5.54. The van der Waals surface area contributed by atoms with Crippen molar-refractivity contribution in [2.45, 2.75) is 90.4 Å². The fraction of sp³-hybridized carbons (Fsp3) is 0.655. The van der Waals surface area contributed by atoms with E-state index in [1.807, 2.05) is 6.08 Å². The number of fused-ring (bicyclic) bond motifs is 1. The van der Waals surface area contributed by atoms with E-state index in [0.717, 1.165) is 57.1 Å². The average molecular weight is 511 g/mol. The lowest BCUT2D eigenvalue weighted by Crippen LogP contribution is -2.33. The Morgan fingerprint density at radius 3 is 2.59 bits per heavy atom. The molecule has 1 aromatic heterocycles. The fourth-order valence-corrected chi connectivity index (χ4v) is 5.94. The molecule has 3 aliphatic rings. The molecule has 1 unspecified atom stereocenters. The van der Waals surface area contributed by atoms with Crippen LogP contribution in [-0.2, 0) is 11.2 Å². The Hall–Kier alpha value is -2.90. The van der Waals surface area contributed by atoms with Crippen LogP contribution in [0.2, 0.25) is 0 Å². The molecule has 1 atom stereocenters. The molecule has 2 heterocycles. The molecule has 1 saturated carbocycles. The van der Waals surface area contributed by atoms with Gasteiger partial charge in [0.05, 0.1) is 6.54 Å². The number of carboxylic acid groups (broad SMARTS) is 1. The van der Waals surface area contributed by atoms with Crippen molar-refractivity contribution in [2.75, 3.05) is 18.9 Å². The summed E-state index contributed by atoms with van der Waals surface area (Å²) in [4.78, 5) is 35.3. The van der Waals surface area contributed by atoms with Gasteiger partial charge >= 0.3 is 5.97 Å². The van der Waals surface area contributed by atoms with Crippen LogP contribution >= 0.6 is 0 Å². The molecule has 1 amide bonds. The first-order valence-corrected chi connectivity index (χ1v) is 14.2. The third-order valence-corrected chi connectivity index (χ3v) is 8.10. The van der Waals surface area contributed by atoms with Crippen molar-refractivity contribution in [1.29, 1.82) is 0 Å². The molecule has 1 fully saturated rings. The van der Waals surface area contributed by atoms with Crippen molar-refractivity contribution in [3.05, 3.63) is 35.3 Å². The van der Waals surface area contributed by atoms with E-state index in [4.69, 9.17) is 15.6 Å². The van der Waals surface area contributed by atoms with Crippen LogP contribution in [0.1, 0.15) is 100 Å². The largest absolute Gasteiger partial charge is 0.481 e. The lowest BCUT2D eigenvalue weighted by Gasteiger charge is -2.33. The summed E-state index contributed by atoms with van der Waals surface area (Å²) in [5.41, 5.74) is 7.40. The number of hydrogen-bond donors (Lipinski definition) is 2. The van der Waals surface area contributed by atoms with Crippen molar-refractivity contribution >= 4 is 17.7 Å². The first-order chi connectivity index (χ1) is 18.0. The Balaban J connectivity index is 1.35. The molecule has 8 nitrogen and oxygen atoms in total. The van der Waals surface area contributed by atoms with Crippen molar-refractivity contribution in [2.24, 2.45) is 17.8 Å². The Bertz CT molecular complexity index is 1010. The lowest BCUT2D eigenvalue weighted by atomic mass is 9.73. The van der Waals surface area contributed by atoms with Crippen molar-refractivity contribution in [1.82, 2.24) is 14.9 Å². The van der Waals surface area contributed by atoms with Crippen molar-refractivity contribution in [3.8, 4) is 5.88 Å². The highest BCUT2D eigenvalue weighted by Crippen LogP contribution is 2.39. The topological polar surface area (TPSA) is 119 Å². The molecule has 0 spiro atoms. The molecule has 0 saturated heterocycles. The minimum Gasteiger partial charge on any atom is -0.481 e. The number of hydrogen-bond acceptors (Lipinski definition) is 6. The van der Waals surface area contributed by atoms with Gasteiger partial charge in [0.1, 0.15) is 23.8 Å². The quantitative estimate of drug-likeness (QED) is 0.375. The number of carbonyl (C=O) groups is 2. The highest BCUT2D eigenvalue weighted by molar-refractivity contribution is 6.01. The van der Waals surface area contributed by atoms with Crippen LogP contribution in [0.5, 0.6) is 5.88 Å². The van der Waals surface area contributed by atoms with E-state index in [-0.39, 0.29) is 23.7 Å². The molecule has 37 heavy (non-hydrogen) atoms. The second-order valence-corrected chi connectivity index (χ2v) is 10.8. The molecule has 1 aromatic rings. The summed E-state index contributed by atoms with van der Waals surface area (Å²) < 4.78 is 5.89. The zero-order chi connectivity index (χ0) is 26.2. The van der Waals surface area contributed by atoms with Gasteiger partial charge in [0.25, 0.3) is 5.91 Å². The van der Waals surface area contributed by atoms with Gasteiger partial charge in [-0.25, -0.2) is 4.98 Å². The highest BCUT2D eigenvalue weighted by Gasteiger charge is 2.32. The number of carboxylic acids is 1. The van der Waals surface area contributed by atoms with Gasteiger partial charge in [-0.3, -0.25) is 9.59 Å². The Kier molecular flexibility index (Phi) is 9.58. The molecule has 202 valence electrons. The normalized spacial score (nSPS) is 23.7. The van der Waals surface area contributed by atoms with Gasteiger partial charge in [0.2, 0.25) is 5.88 Å². The van der Waals surface area contributed by atoms with Gasteiger partial charge in [-0.1, -0.05) is 51.2 Å². The van der Waals surface area contributed by atoms with E-state index in [1.54, 1.807) is 4.90 Å². The number of nitrogens with zero attached hydrogens (tertiary/aromatic N) is 3. The van der Waals surface area contributed by atoms with Crippen LogP contribution < -0.4 is 10.5 Å². The van der Waals surface area contributed by atoms with Crippen molar-refractivity contribution in [3.63, 3.8) is 0 Å². The van der Waals surface area contributed by atoms with E-state index < -0.39 is 5.97 Å². The van der Waals surface area contributed by atoms with E-state index in [0.29, 0.717) is 42.6 Å². The molecule has 4 rings (SSSR count). The predicted molar refractivity (Wildman–Crippen MR) is 143 cm³/mol. The van der Waals surface area contributed by atoms with E-state index in [1.165, 1.54) is 25.7 Å². The summed E-state index contributed by atoms with van der Waals surface area (Å²) in [6, 6.07) is 0. The SMILES string of the molecule is CCCCCCCCc1nc(N)c2c(n1)OCCN(C1=CCC(C3CCC(CC(=O)O)CC3)C=C1)C2=O. The molecule has 3 N–H and O–H groups in total. The summed E-state index contributed by atoms with van der Waals surface area (Å²) in [6.45, 7) is 3.00. The number of carbonyl (C=O) groups excluding carboxylic acids is 1. The number of unbranched alkanes of at least 4 members (excludes halogenated alkanes) is 5. The molecular formula is C29H42N4O4. The van der Waals surface area contributed by atoms with Gasteiger partial charge < -0.3 is 20.5 Å². The van der Waals surface area contributed by atoms with Crippen LogP contribution in [0.4, 0.5) is 5.82 Å². The van der Waals surface area contributed by atoms with Gasteiger partial charge in [-0.2, -0.15) is 4.98 Å². The smallest absolute Gasteiger partial charge is 0.303 e. The fourth-order valence-electron chi connectivity index (χ4n) is 5.94. The number of rotatable bonds is 11. The second-order valence-electron chi connectivity index (χ2n) is 10.8. The molecule has 8 heteroatoms. The summed E-state index contributed by atoms with van der Waals surface area (Å²) in [5, 5.41) is 9.06. The third kappa shape index (κ3) is 7.11. The van der Waals surface area contributed by atoms with Gasteiger partial charge in [0, 0.05) is 18.5 Å². The highest BCUT2D eigenvalue weighted by atomic mass is 16.5. The number of amides is 1. The van der Waals surface area contributed by atoms with E-state index in [2.05, 4.69) is 29.0 Å². The number of anilines is 1. The maximum Gasteiger partial charge on any atom is 0.303 e. The minimum absolute atomic E-state index is 0.194. The van der Waals surface area contributed by atoms with Crippen LogP contribution in [-0.4, -0.2) is 45.0 Å². The molecular weight excluding hydrogens is 468 g/mol. The number of aryl methyl sites for hydroxylation is 1. The number of allylic oxidation sites excluding steroid dienone is 3. The summed E-state index contributed by atoms with van der Waals surface area (Å²) >= 11 is 0. The number of ether oxygens (including phenoxy) is 1. The molecule has 0 radical (unpaired) electrons. The maximum atomic E-state index is 13.5. The Morgan fingerprint density at radius 1 is 1.14 bits per heavy atom. The summed E-state index contributed by atoms with van der Waals surface area (Å²) in [7, 11) is 0. The van der Waals surface area contributed by atoms with Gasteiger partial charge in [-0.05, 0) is 62.4 Å². The van der Waals surface area contributed by atoms with Crippen LogP contribution in [0.3, 0.4) is 0 Å². The number of nitrogen functional groups attached to an aromatic ring is 1. The molecule has 0 bridgehead atoms. The minimum atomic E-state index is -0.693.